The molecule has 84 valence electrons. The molecular weight excluding hydrogens is 249 g/mol. The van der Waals surface area contributed by atoms with E-state index in [0.717, 1.165) is 16.9 Å². The number of aromatic nitrogens is 1. The van der Waals surface area contributed by atoms with Crippen LogP contribution in [0.2, 0.25) is 4.34 Å². The van der Waals surface area contributed by atoms with Crippen LogP contribution in [0.25, 0.3) is 0 Å². The summed E-state index contributed by atoms with van der Waals surface area (Å²) < 4.78 is 14.0. The maximum absolute atomic E-state index is 13.5. The third-order valence-electron chi connectivity index (χ3n) is 2.18. The van der Waals surface area contributed by atoms with Gasteiger partial charge in [-0.3, -0.25) is 0 Å². The van der Waals surface area contributed by atoms with Crippen molar-refractivity contribution in [2.24, 2.45) is 0 Å². The average molecular weight is 258 g/mol. The Morgan fingerprint density at radius 3 is 2.88 bits per heavy atom. The zero-order chi connectivity index (χ0) is 11.7. The minimum Gasteiger partial charge on any atom is -0.381 e. The molecule has 1 heterocycles. The maximum Gasteiger partial charge on any atom is 0.133 e. The molecule has 2 aromatic rings. The van der Waals surface area contributed by atoms with E-state index in [0.29, 0.717) is 9.34 Å². The van der Waals surface area contributed by atoms with Crippen LogP contribution in [0.5, 0.6) is 0 Å². The van der Waals surface area contributed by atoms with Gasteiger partial charge in [-0.1, -0.05) is 29.3 Å². The third-order valence-corrected chi connectivity index (χ3v) is 3.34. The highest BCUT2D eigenvalue weighted by Gasteiger charge is 2.18. The van der Waals surface area contributed by atoms with Crippen molar-refractivity contribution in [2.75, 3.05) is 0 Å². The number of benzene rings is 1. The molecule has 0 saturated carbocycles. The second-order valence-corrected chi connectivity index (χ2v) is 5.12. The fourth-order valence-corrected chi connectivity index (χ4v) is 2.33. The fraction of sp³-hybridized carbons (Fsp3) is 0.182. The average Bonchev–Trinajstić information content (AvgIpc) is 2.67. The minimum atomic E-state index is -1.06. The maximum atomic E-state index is 13.5. The van der Waals surface area contributed by atoms with E-state index in [2.05, 4.69) is 4.98 Å². The molecular formula is C11H9ClFNOS. The molecule has 0 saturated heterocycles. The Morgan fingerprint density at radius 1 is 1.50 bits per heavy atom. The summed E-state index contributed by atoms with van der Waals surface area (Å²) in [6, 6.07) is 4.60. The van der Waals surface area contributed by atoms with Crippen molar-refractivity contribution >= 4 is 22.9 Å². The van der Waals surface area contributed by atoms with Crippen LogP contribution >= 0.6 is 22.9 Å². The monoisotopic (exact) mass is 257 g/mol. The zero-order valence-electron chi connectivity index (χ0n) is 8.45. The molecule has 0 fully saturated rings. The molecule has 0 spiro atoms. The van der Waals surface area contributed by atoms with E-state index in [1.807, 2.05) is 6.92 Å². The van der Waals surface area contributed by atoms with Gasteiger partial charge in [0.2, 0.25) is 0 Å². The third kappa shape index (κ3) is 2.24. The first-order valence-corrected chi connectivity index (χ1v) is 5.82. The molecule has 0 radical (unpaired) electrons. The Morgan fingerprint density at radius 2 is 2.25 bits per heavy atom. The first kappa shape index (κ1) is 11.5. The van der Waals surface area contributed by atoms with E-state index in [1.54, 1.807) is 12.1 Å². The van der Waals surface area contributed by atoms with Gasteiger partial charge in [0, 0.05) is 5.56 Å². The second kappa shape index (κ2) is 4.49. The molecule has 0 bridgehead atoms. The molecule has 1 aromatic carbocycles. The van der Waals surface area contributed by atoms with Gasteiger partial charge in [-0.15, -0.1) is 11.3 Å². The lowest BCUT2D eigenvalue weighted by atomic mass is 10.1. The number of nitrogens with zero attached hydrogens (tertiary/aromatic N) is 1. The number of hydrogen-bond donors (Lipinski definition) is 1. The number of hydrogen-bond acceptors (Lipinski definition) is 3. The summed E-state index contributed by atoms with van der Waals surface area (Å²) in [6.07, 6.45) is 0.385. The summed E-state index contributed by atoms with van der Waals surface area (Å²) >= 11 is 6.86. The van der Waals surface area contributed by atoms with E-state index < -0.39 is 11.9 Å². The van der Waals surface area contributed by atoms with Crippen LogP contribution in [-0.2, 0) is 0 Å². The normalized spacial score (nSPS) is 12.8. The van der Waals surface area contributed by atoms with E-state index >= 15 is 0 Å². The summed E-state index contributed by atoms with van der Waals surface area (Å²) in [4.78, 5) is 3.93. The Hall–Kier alpha value is -0.970. The molecule has 16 heavy (non-hydrogen) atoms. The molecule has 0 aliphatic rings. The molecule has 2 nitrogen and oxygen atoms in total. The van der Waals surface area contributed by atoms with Crippen LogP contribution in [0.4, 0.5) is 4.39 Å². The zero-order valence-corrected chi connectivity index (χ0v) is 10.0. The molecule has 0 aliphatic carbocycles. The van der Waals surface area contributed by atoms with Crippen LogP contribution in [-0.4, -0.2) is 10.1 Å². The molecule has 2 rings (SSSR count). The van der Waals surface area contributed by atoms with Gasteiger partial charge < -0.3 is 5.11 Å². The highest BCUT2D eigenvalue weighted by molar-refractivity contribution is 7.15. The predicted octanol–water partition coefficient (Wildman–Crippen LogP) is 3.33. The standard InChI is InChI=1S/C11H9ClFNOS/c1-6-2-3-8(13)7(4-6)10(15)11-14-5-9(12)16-11/h2-5,10,15H,1H3. The van der Waals surface area contributed by atoms with Crippen LogP contribution in [0.15, 0.2) is 24.4 Å². The lowest BCUT2D eigenvalue weighted by molar-refractivity contribution is 0.214. The second-order valence-electron chi connectivity index (χ2n) is 3.43. The van der Waals surface area contributed by atoms with Gasteiger partial charge in [-0.2, -0.15) is 0 Å². The van der Waals surface area contributed by atoms with Crippen LogP contribution < -0.4 is 0 Å². The van der Waals surface area contributed by atoms with Crippen molar-refractivity contribution in [1.82, 2.24) is 4.98 Å². The van der Waals surface area contributed by atoms with Crippen molar-refractivity contribution < 1.29 is 9.50 Å². The van der Waals surface area contributed by atoms with Crippen molar-refractivity contribution in [3.05, 3.63) is 50.7 Å². The molecule has 1 N–H and O–H groups in total. The van der Waals surface area contributed by atoms with Gasteiger partial charge in [0.15, 0.2) is 0 Å². The van der Waals surface area contributed by atoms with Gasteiger partial charge in [0.1, 0.15) is 21.3 Å². The number of aryl methyl sites for hydroxylation is 1. The largest absolute Gasteiger partial charge is 0.381 e. The van der Waals surface area contributed by atoms with Gasteiger partial charge in [-0.25, -0.2) is 9.37 Å². The Kier molecular flexibility index (Phi) is 3.23. The molecule has 0 amide bonds. The smallest absolute Gasteiger partial charge is 0.133 e. The summed E-state index contributed by atoms with van der Waals surface area (Å²) in [5.41, 5.74) is 1.11. The highest BCUT2D eigenvalue weighted by atomic mass is 35.5. The summed E-state index contributed by atoms with van der Waals surface area (Å²) in [6.45, 7) is 1.84. The quantitative estimate of drug-likeness (QED) is 0.895. The predicted molar refractivity (Wildman–Crippen MR) is 62.3 cm³/mol. The Balaban J connectivity index is 2.40. The fourth-order valence-electron chi connectivity index (χ4n) is 1.40. The number of thiazole rings is 1. The van der Waals surface area contributed by atoms with E-state index in [9.17, 15) is 9.50 Å². The molecule has 1 atom stereocenters. The number of halogens is 2. The van der Waals surface area contributed by atoms with Crippen LogP contribution in [0.3, 0.4) is 0 Å². The van der Waals surface area contributed by atoms with Crippen molar-refractivity contribution in [1.29, 1.82) is 0 Å². The molecule has 1 unspecified atom stereocenters. The summed E-state index contributed by atoms with van der Waals surface area (Å²) in [7, 11) is 0. The lowest BCUT2D eigenvalue weighted by Crippen LogP contribution is -2.02. The van der Waals surface area contributed by atoms with Gasteiger partial charge in [0.25, 0.3) is 0 Å². The topological polar surface area (TPSA) is 33.1 Å². The lowest BCUT2D eigenvalue weighted by Gasteiger charge is -2.09. The van der Waals surface area contributed by atoms with Crippen molar-refractivity contribution in [3.8, 4) is 0 Å². The number of rotatable bonds is 2. The molecule has 5 heteroatoms. The van der Waals surface area contributed by atoms with Gasteiger partial charge in [0.05, 0.1) is 6.20 Å². The summed E-state index contributed by atoms with van der Waals surface area (Å²) in [5.74, 6) is -0.440. The Bertz CT molecular complexity index is 514. The van der Waals surface area contributed by atoms with E-state index in [-0.39, 0.29) is 5.56 Å². The van der Waals surface area contributed by atoms with Crippen LogP contribution in [0.1, 0.15) is 22.2 Å². The Labute approximate surface area is 101 Å². The van der Waals surface area contributed by atoms with Crippen molar-refractivity contribution in [2.45, 2.75) is 13.0 Å². The van der Waals surface area contributed by atoms with Crippen molar-refractivity contribution in [3.63, 3.8) is 0 Å². The molecule has 0 aliphatic heterocycles. The number of aliphatic hydroxyl groups is 1. The van der Waals surface area contributed by atoms with Gasteiger partial charge in [-0.05, 0) is 13.0 Å². The SMILES string of the molecule is Cc1ccc(F)c(C(O)c2ncc(Cl)s2)c1. The van der Waals surface area contributed by atoms with Gasteiger partial charge >= 0.3 is 0 Å². The molecule has 1 aromatic heterocycles. The van der Waals surface area contributed by atoms with E-state index in [1.165, 1.54) is 12.3 Å². The highest BCUT2D eigenvalue weighted by Crippen LogP contribution is 2.30. The van der Waals surface area contributed by atoms with E-state index in [4.69, 9.17) is 11.6 Å². The summed E-state index contributed by atoms with van der Waals surface area (Å²) in [5, 5.41) is 10.4. The minimum absolute atomic E-state index is 0.228. The number of aliphatic hydroxyl groups excluding tert-OH is 1. The first-order valence-electron chi connectivity index (χ1n) is 4.63. The van der Waals surface area contributed by atoms with Crippen LogP contribution in [0, 0.1) is 12.7 Å². The first-order chi connectivity index (χ1) is 7.58.